The smallest absolute Gasteiger partial charge is 0.326 e. The van der Waals surface area contributed by atoms with Gasteiger partial charge in [-0.15, -0.1) is 0 Å². The monoisotopic (exact) mass is 556 g/mol. The van der Waals surface area contributed by atoms with Gasteiger partial charge < -0.3 is 15.0 Å². The van der Waals surface area contributed by atoms with E-state index in [1.165, 1.54) is 12.3 Å². The van der Waals surface area contributed by atoms with Crippen molar-refractivity contribution in [2.75, 3.05) is 17.5 Å². The highest BCUT2D eigenvalue weighted by molar-refractivity contribution is 7.93. The number of esters is 1. The first kappa shape index (κ1) is 26.9. The van der Waals surface area contributed by atoms with Crippen LogP contribution < -0.4 is 10.0 Å². The molecule has 0 bridgehead atoms. The summed E-state index contributed by atoms with van der Waals surface area (Å²) in [5.74, 6) is -1.14. The molecule has 0 aliphatic heterocycles. The lowest BCUT2D eigenvalue weighted by atomic mass is 10.1. The lowest BCUT2D eigenvalue weighted by Gasteiger charge is -2.24. The van der Waals surface area contributed by atoms with Gasteiger partial charge in [0.25, 0.3) is 10.0 Å². The number of hydrogen-bond acceptors (Lipinski definition) is 6. The van der Waals surface area contributed by atoms with Gasteiger partial charge in [0.2, 0.25) is 5.91 Å². The van der Waals surface area contributed by atoms with Gasteiger partial charge in [0.1, 0.15) is 11.4 Å². The van der Waals surface area contributed by atoms with Gasteiger partial charge in [-0.05, 0) is 61.0 Å². The fourth-order valence-corrected chi connectivity index (χ4v) is 6.33. The van der Waals surface area contributed by atoms with Crippen LogP contribution in [0.1, 0.15) is 28.5 Å². The zero-order valence-corrected chi connectivity index (χ0v) is 22.9. The van der Waals surface area contributed by atoms with Crippen LogP contribution in [0, 0.1) is 0 Å². The molecular formula is C30H28N4O5S. The average Bonchev–Trinajstić information content (AvgIpc) is 3.25. The molecule has 2 heterocycles. The van der Waals surface area contributed by atoms with Gasteiger partial charge in [0, 0.05) is 47.2 Å². The standard InChI is InChI=1S/C30H28N4O5S/c1-3-39-28(35)19-34(40(37,38)27-8-4-6-21-7-5-15-32-29(21)27)24-13-14-26-23(17-24)18-25(33(26)2)16-20-9-11-22(12-10-20)30(31)36/h4-15,17-18H,3,16,19H2,1-2H3,(H2,31,36). The van der Waals surface area contributed by atoms with Crippen molar-refractivity contribution < 1.29 is 22.7 Å². The molecule has 40 heavy (non-hydrogen) atoms. The van der Waals surface area contributed by atoms with Crippen molar-refractivity contribution in [3.63, 3.8) is 0 Å². The molecular weight excluding hydrogens is 528 g/mol. The van der Waals surface area contributed by atoms with E-state index in [2.05, 4.69) is 4.98 Å². The minimum Gasteiger partial charge on any atom is -0.465 e. The summed E-state index contributed by atoms with van der Waals surface area (Å²) in [6, 6.07) is 22.8. The van der Waals surface area contributed by atoms with Crippen molar-refractivity contribution in [2.45, 2.75) is 18.2 Å². The van der Waals surface area contributed by atoms with E-state index in [1.807, 2.05) is 35.9 Å². The zero-order valence-electron chi connectivity index (χ0n) is 22.1. The Morgan fingerprint density at radius 1 is 0.975 bits per heavy atom. The van der Waals surface area contributed by atoms with Gasteiger partial charge in [0.15, 0.2) is 0 Å². The molecule has 9 nitrogen and oxygen atoms in total. The Hall–Kier alpha value is -4.70. The van der Waals surface area contributed by atoms with Crippen molar-refractivity contribution in [1.82, 2.24) is 9.55 Å². The van der Waals surface area contributed by atoms with Crippen LogP contribution in [-0.4, -0.2) is 43.0 Å². The van der Waals surface area contributed by atoms with Crippen LogP contribution in [0.4, 0.5) is 5.69 Å². The number of pyridine rings is 1. The summed E-state index contributed by atoms with van der Waals surface area (Å²) in [5.41, 5.74) is 9.31. The van der Waals surface area contributed by atoms with Crippen LogP contribution >= 0.6 is 0 Å². The first-order chi connectivity index (χ1) is 19.2. The average molecular weight is 557 g/mol. The highest BCUT2D eigenvalue weighted by Crippen LogP contribution is 2.31. The molecule has 1 amide bonds. The fourth-order valence-electron chi connectivity index (χ4n) is 4.76. The number of carbonyl (C=O) groups is 2. The van der Waals surface area contributed by atoms with Crippen LogP contribution in [0.3, 0.4) is 0 Å². The van der Waals surface area contributed by atoms with Crippen LogP contribution in [0.2, 0.25) is 0 Å². The second-order valence-electron chi connectivity index (χ2n) is 9.32. The number of nitrogens with zero attached hydrogens (tertiary/aromatic N) is 3. The van der Waals surface area contributed by atoms with E-state index in [0.717, 1.165) is 26.5 Å². The Bertz CT molecular complexity index is 1840. The Labute approximate surface area is 231 Å². The number of hydrogen-bond donors (Lipinski definition) is 1. The molecule has 0 radical (unpaired) electrons. The van der Waals surface area contributed by atoms with E-state index in [1.54, 1.807) is 55.5 Å². The first-order valence-electron chi connectivity index (χ1n) is 12.7. The number of rotatable bonds is 9. The summed E-state index contributed by atoms with van der Waals surface area (Å²) in [6.45, 7) is 1.31. The van der Waals surface area contributed by atoms with E-state index in [4.69, 9.17) is 10.5 Å². The number of anilines is 1. The Morgan fingerprint density at radius 3 is 2.45 bits per heavy atom. The zero-order chi connectivity index (χ0) is 28.4. The van der Waals surface area contributed by atoms with Gasteiger partial charge in [-0.25, -0.2) is 8.42 Å². The minimum absolute atomic E-state index is 0.00292. The van der Waals surface area contributed by atoms with E-state index in [-0.39, 0.29) is 11.5 Å². The van der Waals surface area contributed by atoms with Crippen molar-refractivity contribution in [3.05, 3.63) is 102 Å². The van der Waals surface area contributed by atoms with Crippen LogP contribution in [0.15, 0.2) is 90.0 Å². The van der Waals surface area contributed by atoms with Crippen molar-refractivity contribution in [1.29, 1.82) is 0 Å². The molecule has 0 unspecified atom stereocenters. The number of para-hydroxylation sites is 1. The molecule has 0 spiro atoms. The molecule has 2 N–H and O–H groups in total. The van der Waals surface area contributed by atoms with Crippen LogP contribution in [-0.2, 0) is 33.0 Å². The predicted octanol–water partition coefficient (Wildman–Crippen LogP) is 4.17. The van der Waals surface area contributed by atoms with Crippen molar-refractivity contribution in [3.8, 4) is 0 Å². The highest BCUT2D eigenvalue weighted by Gasteiger charge is 2.30. The van der Waals surface area contributed by atoms with E-state index in [0.29, 0.717) is 28.6 Å². The Balaban J connectivity index is 1.56. The van der Waals surface area contributed by atoms with Gasteiger partial charge in [-0.2, -0.15) is 0 Å². The van der Waals surface area contributed by atoms with E-state index < -0.39 is 28.4 Å². The first-order valence-corrected chi connectivity index (χ1v) is 14.1. The molecule has 0 saturated carbocycles. The summed E-state index contributed by atoms with van der Waals surface area (Å²) in [4.78, 5) is 28.3. The third kappa shape index (κ3) is 5.13. The normalized spacial score (nSPS) is 11.6. The SMILES string of the molecule is CCOC(=O)CN(c1ccc2c(c1)cc(Cc1ccc(C(N)=O)cc1)n2C)S(=O)(=O)c1cccc2cccnc12. The summed E-state index contributed by atoms with van der Waals surface area (Å²) in [5, 5.41) is 1.48. The molecule has 0 aliphatic rings. The molecule has 5 rings (SSSR count). The van der Waals surface area contributed by atoms with Gasteiger partial charge in [0.05, 0.1) is 17.8 Å². The largest absolute Gasteiger partial charge is 0.465 e. The van der Waals surface area contributed by atoms with E-state index in [9.17, 15) is 18.0 Å². The van der Waals surface area contributed by atoms with Crippen LogP contribution in [0.25, 0.3) is 21.8 Å². The lowest BCUT2D eigenvalue weighted by Crippen LogP contribution is -2.36. The van der Waals surface area contributed by atoms with Gasteiger partial charge >= 0.3 is 5.97 Å². The lowest BCUT2D eigenvalue weighted by molar-refractivity contribution is -0.141. The third-order valence-corrected chi connectivity index (χ3v) is 8.58. The summed E-state index contributed by atoms with van der Waals surface area (Å²) in [7, 11) is -2.27. The summed E-state index contributed by atoms with van der Waals surface area (Å²) in [6.07, 6.45) is 2.13. The van der Waals surface area contributed by atoms with Crippen molar-refractivity contribution in [2.24, 2.45) is 12.8 Å². The molecule has 5 aromatic rings. The second-order valence-corrected chi connectivity index (χ2v) is 11.2. The van der Waals surface area contributed by atoms with Gasteiger partial charge in [-0.3, -0.25) is 18.9 Å². The Morgan fingerprint density at radius 2 is 1.73 bits per heavy atom. The molecule has 0 atom stereocenters. The van der Waals surface area contributed by atoms with Gasteiger partial charge in [-0.1, -0.05) is 30.3 Å². The molecule has 3 aromatic carbocycles. The summed E-state index contributed by atoms with van der Waals surface area (Å²) >= 11 is 0. The topological polar surface area (TPSA) is 125 Å². The number of nitrogens with two attached hydrogens (primary N) is 1. The molecule has 0 aliphatic carbocycles. The number of aromatic nitrogens is 2. The molecule has 2 aromatic heterocycles. The minimum atomic E-state index is -4.20. The van der Waals surface area contributed by atoms with Crippen molar-refractivity contribution >= 4 is 49.4 Å². The maximum absolute atomic E-state index is 14.1. The molecule has 0 fully saturated rings. The fraction of sp³-hybridized carbons (Fsp3) is 0.167. The Kier molecular flexibility index (Phi) is 7.27. The number of ether oxygens (including phenoxy) is 1. The van der Waals surface area contributed by atoms with Crippen LogP contribution in [0.5, 0.6) is 0 Å². The number of carbonyl (C=O) groups excluding carboxylic acids is 2. The number of sulfonamides is 1. The number of benzene rings is 3. The number of aryl methyl sites for hydroxylation is 1. The molecule has 0 saturated heterocycles. The number of primary amides is 1. The highest BCUT2D eigenvalue weighted by atomic mass is 32.2. The maximum Gasteiger partial charge on any atom is 0.326 e. The summed E-state index contributed by atoms with van der Waals surface area (Å²) < 4.78 is 36.3. The number of amides is 1. The quantitative estimate of drug-likeness (QED) is 0.272. The predicted molar refractivity (Wildman–Crippen MR) is 154 cm³/mol. The second kappa shape index (κ2) is 10.8. The maximum atomic E-state index is 14.1. The number of fused-ring (bicyclic) bond motifs is 2. The third-order valence-electron chi connectivity index (χ3n) is 6.78. The van der Waals surface area contributed by atoms with E-state index >= 15 is 0 Å². The molecule has 204 valence electrons. The molecule has 10 heteroatoms.